The van der Waals surface area contributed by atoms with Crippen molar-refractivity contribution in [1.82, 2.24) is 16.0 Å². The van der Waals surface area contributed by atoms with Crippen molar-refractivity contribution in [2.75, 3.05) is 13.2 Å². The highest BCUT2D eigenvalue weighted by Crippen LogP contribution is 2.42. The number of fused-ring (bicyclic) bond motifs is 2. The smallest absolute Gasteiger partial charge is 0.407 e. The minimum absolute atomic E-state index is 0.00401. The lowest BCUT2D eigenvalue weighted by Crippen LogP contribution is -2.55. The number of amides is 3. The predicted molar refractivity (Wildman–Crippen MR) is 131 cm³/mol. The summed E-state index contributed by atoms with van der Waals surface area (Å²) in [5, 5.41) is 17.8. The molecule has 6 atom stereocenters. The van der Waals surface area contributed by atoms with Crippen LogP contribution in [0.2, 0.25) is 0 Å². The Bertz CT molecular complexity index is 884. The van der Waals surface area contributed by atoms with E-state index in [2.05, 4.69) is 16.0 Å². The molecule has 3 fully saturated rings. The monoisotopic (exact) mass is 531 g/mol. The van der Waals surface area contributed by atoms with E-state index in [0.29, 0.717) is 30.7 Å². The fourth-order valence-corrected chi connectivity index (χ4v) is 6.59. The van der Waals surface area contributed by atoms with Crippen LogP contribution in [0.4, 0.5) is 4.79 Å². The zero-order valence-corrected chi connectivity index (χ0v) is 22.0. The molecule has 36 heavy (non-hydrogen) atoms. The van der Waals surface area contributed by atoms with E-state index in [-0.39, 0.29) is 31.3 Å². The highest BCUT2D eigenvalue weighted by atomic mass is 32.2. The van der Waals surface area contributed by atoms with Gasteiger partial charge in [-0.05, 0) is 62.2 Å². The van der Waals surface area contributed by atoms with Gasteiger partial charge in [0.25, 0.3) is 10.1 Å². The summed E-state index contributed by atoms with van der Waals surface area (Å²) in [6.07, 6.45) is 6.83. The molecule has 3 aliphatic rings. The molecule has 5 N–H and O–H groups in total. The molecule has 1 heterocycles. The van der Waals surface area contributed by atoms with Gasteiger partial charge in [0, 0.05) is 12.5 Å². The lowest BCUT2D eigenvalue weighted by Gasteiger charge is -2.38. The van der Waals surface area contributed by atoms with Crippen molar-refractivity contribution in [2.24, 2.45) is 29.6 Å². The summed E-state index contributed by atoms with van der Waals surface area (Å²) < 4.78 is 38.1. The Morgan fingerprint density at radius 1 is 1.11 bits per heavy atom. The molecule has 0 aromatic rings. The molecular weight excluding hydrogens is 490 g/mol. The number of rotatable bonds is 11. The van der Waals surface area contributed by atoms with Crippen molar-refractivity contribution in [3.05, 3.63) is 0 Å². The van der Waals surface area contributed by atoms with Crippen LogP contribution in [0.15, 0.2) is 0 Å². The van der Waals surface area contributed by atoms with Gasteiger partial charge in [0.2, 0.25) is 17.3 Å². The van der Waals surface area contributed by atoms with Gasteiger partial charge in [-0.1, -0.05) is 33.1 Å². The largest absolute Gasteiger partial charge is 0.449 e. The van der Waals surface area contributed by atoms with Gasteiger partial charge in [0.15, 0.2) is 0 Å². The number of hydrogen-bond acceptors (Lipinski definition) is 7. The molecule has 2 aliphatic carbocycles. The van der Waals surface area contributed by atoms with Gasteiger partial charge in [-0.3, -0.25) is 14.1 Å². The predicted octanol–water partition coefficient (Wildman–Crippen LogP) is 1.56. The van der Waals surface area contributed by atoms with Crippen molar-refractivity contribution < 1.29 is 37.2 Å². The second-order valence-corrected chi connectivity index (χ2v) is 12.7. The van der Waals surface area contributed by atoms with E-state index in [0.717, 1.165) is 12.8 Å². The lowest BCUT2D eigenvalue weighted by atomic mass is 9.68. The Hall–Kier alpha value is -1.92. The van der Waals surface area contributed by atoms with E-state index in [1.807, 2.05) is 13.8 Å². The third kappa shape index (κ3) is 8.31. The Morgan fingerprint density at radius 2 is 1.78 bits per heavy atom. The zero-order valence-electron chi connectivity index (χ0n) is 21.1. The van der Waals surface area contributed by atoms with Gasteiger partial charge in [-0.2, -0.15) is 8.42 Å². The summed E-state index contributed by atoms with van der Waals surface area (Å²) >= 11 is 0. The molecule has 0 aromatic heterocycles. The molecule has 2 bridgehead atoms. The van der Waals surface area contributed by atoms with Crippen molar-refractivity contribution in [3.63, 3.8) is 0 Å². The van der Waals surface area contributed by atoms with Crippen molar-refractivity contribution >= 4 is 28.0 Å². The summed E-state index contributed by atoms with van der Waals surface area (Å²) in [5.74, 6) is 0.0445. The highest BCUT2D eigenvalue weighted by molar-refractivity contribution is 7.86. The minimum Gasteiger partial charge on any atom is -0.449 e. The van der Waals surface area contributed by atoms with Gasteiger partial charge in [0.1, 0.15) is 6.04 Å². The maximum atomic E-state index is 13.1. The second kappa shape index (κ2) is 12.6. The van der Waals surface area contributed by atoms with Crippen LogP contribution in [0, 0.1) is 29.6 Å². The summed E-state index contributed by atoms with van der Waals surface area (Å²) in [6.45, 7) is 4.41. The van der Waals surface area contributed by atoms with Gasteiger partial charge in [-0.15, -0.1) is 0 Å². The molecule has 6 unspecified atom stereocenters. The van der Waals surface area contributed by atoms with E-state index in [9.17, 15) is 32.5 Å². The Kier molecular flexibility index (Phi) is 9.99. The van der Waals surface area contributed by atoms with Gasteiger partial charge in [0.05, 0.1) is 12.6 Å². The minimum atomic E-state index is -4.91. The van der Waals surface area contributed by atoms with Crippen LogP contribution in [-0.4, -0.2) is 66.7 Å². The third-order valence-corrected chi connectivity index (χ3v) is 8.61. The maximum absolute atomic E-state index is 13.1. The number of carbonyl (C=O) groups excluding carboxylic acids is 3. The van der Waals surface area contributed by atoms with E-state index in [1.54, 1.807) is 0 Å². The van der Waals surface area contributed by atoms with Crippen LogP contribution in [0.25, 0.3) is 0 Å². The van der Waals surface area contributed by atoms with Crippen LogP contribution < -0.4 is 16.0 Å². The Balaban J connectivity index is 1.59. The first-order chi connectivity index (χ1) is 16.9. The molecule has 12 heteroatoms. The number of carbonyl (C=O) groups is 3. The van der Waals surface area contributed by atoms with Crippen molar-refractivity contribution in [2.45, 2.75) is 89.2 Å². The van der Waals surface area contributed by atoms with Crippen LogP contribution >= 0.6 is 0 Å². The first-order valence-electron chi connectivity index (χ1n) is 13.1. The molecule has 0 aromatic carbocycles. The standard InChI is InChI=1S/C24H41N3O8S/c1-14(2)8-19(27-24(31)35-13-17-10-15-4-3-5-16(9-15)11-17)22(29)26-20(23(30)36(32,33)34)12-18-6-7-25-21(18)28/h14-20,23,30H,3-13H2,1-2H3,(H,25,28)(H,26,29)(H,27,31)(H,32,33,34). The van der Waals surface area contributed by atoms with Crippen molar-refractivity contribution in [3.8, 4) is 0 Å². The van der Waals surface area contributed by atoms with Crippen LogP contribution in [0.5, 0.6) is 0 Å². The van der Waals surface area contributed by atoms with Crippen LogP contribution in [0.3, 0.4) is 0 Å². The normalized spacial score (nSPS) is 28.6. The van der Waals surface area contributed by atoms with Crippen LogP contribution in [0.1, 0.15) is 71.6 Å². The number of nitrogens with one attached hydrogen (secondary N) is 3. The molecule has 2 saturated carbocycles. The SMILES string of the molecule is CC(C)CC(NC(=O)OCC1CC2CCCC(C2)C1)C(=O)NC(CC1CCNC1=O)C(O)S(=O)(=O)O. The molecule has 11 nitrogen and oxygen atoms in total. The fraction of sp³-hybridized carbons (Fsp3) is 0.875. The number of ether oxygens (including phenoxy) is 1. The molecule has 1 saturated heterocycles. The first kappa shape index (κ1) is 28.6. The highest BCUT2D eigenvalue weighted by Gasteiger charge is 2.38. The number of aliphatic hydroxyl groups is 1. The summed E-state index contributed by atoms with van der Waals surface area (Å²) in [6, 6.07) is -2.48. The average molecular weight is 532 g/mol. The third-order valence-electron chi connectivity index (χ3n) is 7.67. The number of alkyl carbamates (subject to hydrolysis) is 1. The molecule has 3 amide bonds. The van der Waals surface area contributed by atoms with Gasteiger partial charge < -0.3 is 25.8 Å². The molecule has 1 aliphatic heterocycles. The van der Waals surface area contributed by atoms with E-state index in [4.69, 9.17) is 4.74 Å². The maximum Gasteiger partial charge on any atom is 0.407 e. The Labute approximate surface area is 213 Å². The van der Waals surface area contributed by atoms with Crippen molar-refractivity contribution in [1.29, 1.82) is 0 Å². The second-order valence-electron chi connectivity index (χ2n) is 11.2. The summed E-state index contributed by atoms with van der Waals surface area (Å²) in [5.41, 5.74) is -2.31. The topological polar surface area (TPSA) is 171 Å². The molecule has 3 rings (SSSR count). The molecule has 206 valence electrons. The first-order valence-corrected chi connectivity index (χ1v) is 14.6. The Morgan fingerprint density at radius 3 is 2.33 bits per heavy atom. The summed E-state index contributed by atoms with van der Waals surface area (Å²) in [4.78, 5) is 37.6. The zero-order chi connectivity index (χ0) is 26.5. The van der Waals surface area contributed by atoms with Crippen LogP contribution in [-0.2, 0) is 24.4 Å². The van der Waals surface area contributed by atoms with Gasteiger partial charge >= 0.3 is 6.09 Å². The van der Waals surface area contributed by atoms with E-state index >= 15 is 0 Å². The summed E-state index contributed by atoms with van der Waals surface area (Å²) in [7, 11) is -4.91. The average Bonchev–Trinajstić information content (AvgIpc) is 3.19. The number of aliphatic hydroxyl groups excluding tert-OH is 1. The quantitative estimate of drug-likeness (QED) is 0.250. The van der Waals surface area contributed by atoms with E-state index < -0.39 is 45.6 Å². The molecule has 0 radical (unpaired) electrons. The fourth-order valence-electron chi connectivity index (χ4n) is 6.00. The molecule has 0 spiro atoms. The molecular formula is C24H41N3O8S. The number of hydrogen-bond donors (Lipinski definition) is 5. The van der Waals surface area contributed by atoms with Gasteiger partial charge in [-0.25, -0.2) is 4.79 Å². The lowest BCUT2D eigenvalue weighted by molar-refractivity contribution is -0.126. The van der Waals surface area contributed by atoms with E-state index in [1.165, 1.54) is 25.7 Å².